The monoisotopic (exact) mass is 294 g/mol. The van der Waals surface area contributed by atoms with Crippen LogP contribution >= 0.6 is 23.2 Å². The molecule has 2 rings (SSSR count). The van der Waals surface area contributed by atoms with Gasteiger partial charge in [-0.1, -0.05) is 41.4 Å². The number of rotatable bonds is 3. The van der Waals surface area contributed by atoms with Gasteiger partial charge in [-0.3, -0.25) is 4.79 Å². The minimum absolute atomic E-state index is 0.179. The van der Waals surface area contributed by atoms with Crippen LogP contribution in [-0.2, 0) is 11.2 Å². The predicted octanol–water partition coefficient (Wildman–Crippen LogP) is 3.76. The Morgan fingerprint density at radius 3 is 2.42 bits per heavy atom. The van der Waals surface area contributed by atoms with E-state index in [1.807, 2.05) is 0 Å². The number of amides is 1. The summed E-state index contributed by atoms with van der Waals surface area (Å²) >= 11 is 11.8. The number of carbonyl (C=O) groups is 1. The molecule has 0 atom stereocenters. The zero-order valence-electron chi connectivity index (χ0n) is 9.99. The van der Waals surface area contributed by atoms with E-state index >= 15 is 0 Å². The van der Waals surface area contributed by atoms with E-state index in [4.69, 9.17) is 28.9 Å². The first-order valence-electron chi connectivity index (χ1n) is 5.64. The average molecular weight is 295 g/mol. The van der Waals surface area contributed by atoms with Gasteiger partial charge in [-0.05, 0) is 29.8 Å². The summed E-state index contributed by atoms with van der Waals surface area (Å²) in [6, 6.07) is 12.2. The van der Waals surface area contributed by atoms with Gasteiger partial charge in [-0.2, -0.15) is 0 Å². The molecule has 0 aliphatic carbocycles. The van der Waals surface area contributed by atoms with Crippen LogP contribution < -0.4 is 11.1 Å². The van der Waals surface area contributed by atoms with E-state index in [-0.39, 0.29) is 12.3 Å². The Morgan fingerprint density at radius 2 is 1.79 bits per heavy atom. The minimum atomic E-state index is -0.179. The highest BCUT2D eigenvalue weighted by Gasteiger charge is 2.09. The lowest BCUT2D eigenvalue weighted by atomic mass is 10.1. The molecule has 19 heavy (non-hydrogen) atoms. The van der Waals surface area contributed by atoms with Crippen molar-refractivity contribution in [3.05, 3.63) is 58.1 Å². The number of carbonyl (C=O) groups excluding carboxylic acids is 1. The molecule has 0 bridgehead atoms. The largest absolute Gasteiger partial charge is 0.397 e. The molecule has 0 heterocycles. The van der Waals surface area contributed by atoms with E-state index in [2.05, 4.69) is 5.32 Å². The van der Waals surface area contributed by atoms with E-state index < -0.39 is 0 Å². The number of nitrogens with one attached hydrogen (secondary N) is 1. The highest BCUT2D eigenvalue weighted by molar-refractivity contribution is 6.34. The minimum Gasteiger partial charge on any atom is -0.397 e. The third kappa shape index (κ3) is 3.63. The van der Waals surface area contributed by atoms with E-state index in [0.29, 0.717) is 21.4 Å². The summed E-state index contributed by atoms with van der Waals surface area (Å²) in [4.78, 5) is 11.9. The van der Waals surface area contributed by atoms with Gasteiger partial charge in [0, 0.05) is 5.02 Å². The molecule has 0 aliphatic heterocycles. The Kier molecular flexibility index (Phi) is 4.30. The summed E-state index contributed by atoms with van der Waals surface area (Å²) in [5.41, 5.74) is 7.52. The molecule has 3 N–H and O–H groups in total. The van der Waals surface area contributed by atoms with Gasteiger partial charge in [-0.25, -0.2) is 0 Å². The van der Waals surface area contributed by atoms with Gasteiger partial charge in [0.05, 0.1) is 22.8 Å². The van der Waals surface area contributed by atoms with Crippen LogP contribution in [-0.4, -0.2) is 5.91 Å². The van der Waals surface area contributed by atoms with Gasteiger partial charge in [0.2, 0.25) is 5.91 Å². The molecule has 2 aromatic rings. The lowest BCUT2D eigenvalue weighted by Gasteiger charge is -2.10. The van der Waals surface area contributed by atoms with Crippen molar-refractivity contribution in [2.24, 2.45) is 0 Å². The molecule has 0 saturated heterocycles. The van der Waals surface area contributed by atoms with Gasteiger partial charge >= 0.3 is 0 Å². The Hall–Kier alpha value is -1.71. The highest BCUT2D eigenvalue weighted by atomic mass is 35.5. The molecule has 0 unspecified atom stereocenters. The zero-order chi connectivity index (χ0) is 13.8. The lowest BCUT2D eigenvalue weighted by Crippen LogP contribution is -2.15. The normalized spacial score (nSPS) is 10.2. The predicted molar refractivity (Wildman–Crippen MR) is 79.7 cm³/mol. The van der Waals surface area contributed by atoms with Crippen molar-refractivity contribution in [3.63, 3.8) is 0 Å². The molecule has 3 nitrogen and oxygen atoms in total. The lowest BCUT2D eigenvalue weighted by molar-refractivity contribution is -0.115. The van der Waals surface area contributed by atoms with E-state index in [0.717, 1.165) is 5.56 Å². The molecule has 0 spiro atoms. The zero-order valence-corrected chi connectivity index (χ0v) is 11.5. The van der Waals surface area contributed by atoms with Crippen molar-refractivity contribution >= 4 is 40.5 Å². The summed E-state index contributed by atoms with van der Waals surface area (Å²) in [7, 11) is 0. The molecule has 0 saturated carbocycles. The van der Waals surface area contributed by atoms with Crippen LogP contribution in [0.25, 0.3) is 0 Å². The maximum Gasteiger partial charge on any atom is 0.228 e. The molecule has 0 aliphatic rings. The highest BCUT2D eigenvalue weighted by Crippen LogP contribution is 2.27. The number of nitrogens with two attached hydrogens (primary N) is 1. The summed E-state index contributed by atoms with van der Waals surface area (Å²) < 4.78 is 0. The summed E-state index contributed by atoms with van der Waals surface area (Å²) in [6.45, 7) is 0. The second-order valence-electron chi connectivity index (χ2n) is 4.06. The van der Waals surface area contributed by atoms with Crippen LogP contribution in [0.15, 0.2) is 42.5 Å². The molecule has 1 amide bonds. The molecule has 2 aromatic carbocycles. The maximum atomic E-state index is 11.9. The quantitative estimate of drug-likeness (QED) is 0.847. The van der Waals surface area contributed by atoms with Crippen LogP contribution in [0.3, 0.4) is 0 Å². The first-order chi connectivity index (χ1) is 9.06. The van der Waals surface area contributed by atoms with Gasteiger partial charge in [-0.15, -0.1) is 0 Å². The van der Waals surface area contributed by atoms with Crippen molar-refractivity contribution in [2.75, 3.05) is 11.1 Å². The van der Waals surface area contributed by atoms with E-state index in [9.17, 15) is 4.79 Å². The number of anilines is 2. The second-order valence-corrected chi connectivity index (χ2v) is 4.90. The van der Waals surface area contributed by atoms with Crippen molar-refractivity contribution < 1.29 is 4.79 Å². The van der Waals surface area contributed by atoms with E-state index in [1.165, 1.54) is 0 Å². The maximum absolute atomic E-state index is 11.9. The third-order valence-corrected chi connectivity index (χ3v) is 3.16. The van der Waals surface area contributed by atoms with Crippen LogP contribution in [0, 0.1) is 0 Å². The SMILES string of the molecule is Nc1cccc(Cl)c1NC(=O)Cc1ccc(Cl)cc1. The number of para-hydroxylation sites is 1. The standard InChI is InChI=1S/C14H12Cl2N2O/c15-10-6-4-9(5-7-10)8-13(19)18-14-11(16)2-1-3-12(14)17/h1-7H,8,17H2,(H,18,19). The molecular weight excluding hydrogens is 283 g/mol. The summed E-state index contributed by atoms with van der Waals surface area (Å²) in [5.74, 6) is -0.179. The molecule has 0 fully saturated rings. The van der Waals surface area contributed by atoms with Gasteiger partial charge in [0.15, 0.2) is 0 Å². The van der Waals surface area contributed by atoms with Gasteiger partial charge in [0.25, 0.3) is 0 Å². The fourth-order valence-electron chi connectivity index (χ4n) is 1.64. The first-order valence-corrected chi connectivity index (χ1v) is 6.40. The number of hydrogen-bond donors (Lipinski definition) is 2. The fraction of sp³-hybridized carbons (Fsp3) is 0.0714. The Bertz CT molecular complexity index is 577. The first kappa shape index (κ1) is 13.7. The van der Waals surface area contributed by atoms with Gasteiger partial charge in [0.1, 0.15) is 0 Å². The fourth-order valence-corrected chi connectivity index (χ4v) is 2.00. The number of benzene rings is 2. The topological polar surface area (TPSA) is 55.1 Å². The van der Waals surface area contributed by atoms with Crippen LogP contribution in [0.1, 0.15) is 5.56 Å². The van der Waals surface area contributed by atoms with Crippen LogP contribution in [0.5, 0.6) is 0 Å². The van der Waals surface area contributed by atoms with E-state index in [1.54, 1.807) is 42.5 Å². The Labute approximate surface area is 121 Å². The van der Waals surface area contributed by atoms with Crippen LogP contribution in [0.4, 0.5) is 11.4 Å². The molecule has 0 aromatic heterocycles. The Morgan fingerprint density at radius 1 is 1.11 bits per heavy atom. The third-order valence-electron chi connectivity index (χ3n) is 2.59. The van der Waals surface area contributed by atoms with Crippen molar-refractivity contribution in [1.29, 1.82) is 0 Å². The van der Waals surface area contributed by atoms with Crippen LogP contribution in [0.2, 0.25) is 10.0 Å². The van der Waals surface area contributed by atoms with Crippen molar-refractivity contribution in [3.8, 4) is 0 Å². The molecule has 0 radical (unpaired) electrons. The summed E-state index contributed by atoms with van der Waals surface area (Å²) in [6.07, 6.45) is 0.238. The Balaban J connectivity index is 2.07. The average Bonchev–Trinajstić information content (AvgIpc) is 2.37. The number of hydrogen-bond acceptors (Lipinski definition) is 2. The van der Waals surface area contributed by atoms with Crippen molar-refractivity contribution in [2.45, 2.75) is 6.42 Å². The molecule has 5 heteroatoms. The summed E-state index contributed by atoms with van der Waals surface area (Å²) in [5, 5.41) is 3.77. The van der Waals surface area contributed by atoms with Crippen molar-refractivity contribution in [1.82, 2.24) is 0 Å². The molecule has 98 valence electrons. The van der Waals surface area contributed by atoms with Gasteiger partial charge < -0.3 is 11.1 Å². The molecular formula is C14H12Cl2N2O. The second kappa shape index (κ2) is 5.95. The smallest absolute Gasteiger partial charge is 0.228 e. The number of halogens is 2. The number of nitrogen functional groups attached to an aromatic ring is 1.